The molecule has 1 aliphatic heterocycles. The fraction of sp³-hybridized carbons (Fsp3) is 0.100. The van der Waals surface area contributed by atoms with Gasteiger partial charge in [0.15, 0.2) is 15.8 Å². The first-order valence-electron chi connectivity index (χ1n) is 8.86. The standard InChI is InChI=1S/C20H16N4O4S2/c25-17(9-7-13-6-8-15-16(10-13)28-12-27-15)22-19-23-24-20(30-19)29-11-18(26)21-14-4-2-1-3-5-14/h1-10H,11-12H2,(H,21,26)(H,22,23,25). The van der Waals surface area contributed by atoms with Crippen LogP contribution in [0.5, 0.6) is 11.5 Å². The van der Waals surface area contributed by atoms with Crippen LogP contribution in [0.15, 0.2) is 58.9 Å². The second-order valence-corrected chi connectivity index (χ2v) is 8.21. The number of para-hydroxylation sites is 1. The van der Waals surface area contributed by atoms with Gasteiger partial charge >= 0.3 is 0 Å². The zero-order valence-electron chi connectivity index (χ0n) is 15.5. The van der Waals surface area contributed by atoms with E-state index in [0.717, 1.165) is 11.3 Å². The Morgan fingerprint density at radius 2 is 1.90 bits per heavy atom. The number of anilines is 2. The monoisotopic (exact) mass is 440 g/mol. The van der Waals surface area contributed by atoms with Crippen LogP contribution in [0.3, 0.4) is 0 Å². The number of hydrogen-bond acceptors (Lipinski definition) is 8. The summed E-state index contributed by atoms with van der Waals surface area (Å²) >= 11 is 2.46. The van der Waals surface area contributed by atoms with Crippen LogP contribution in [0.1, 0.15) is 5.56 Å². The van der Waals surface area contributed by atoms with Gasteiger partial charge in [-0.3, -0.25) is 14.9 Å². The zero-order valence-corrected chi connectivity index (χ0v) is 17.2. The minimum absolute atomic E-state index is 0.140. The molecule has 0 saturated heterocycles. The van der Waals surface area contributed by atoms with Gasteiger partial charge in [-0.2, -0.15) is 0 Å². The lowest BCUT2D eigenvalue weighted by Gasteiger charge is -2.02. The van der Waals surface area contributed by atoms with Crippen molar-refractivity contribution in [3.05, 3.63) is 60.2 Å². The third-order valence-corrected chi connectivity index (χ3v) is 5.82. The fourth-order valence-corrected chi connectivity index (χ4v) is 4.06. The predicted molar refractivity (Wildman–Crippen MR) is 116 cm³/mol. The summed E-state index contributed by atoms with van der Waals surface area (Å²) in [4.78, 5) is 24.1. The van der Waals surface area contributed by atoms with Gasteiger partial charge < -0.3 is 14.8 Å². The first-order chi connectivity index (χ1) is 14.7. The highest BCUT2D eigenvalue weighted by Crippen LogP contribution is 2.32. The number of aromatic nitrogens is 2. The zero-order chi connectivity index (χ0) is 20.8. The van der Waals surface area contributed by atoms with Gasteiger partial charge in [-0.1, -0.05) is 47.4 Å². The summed E-state index contributed by atoms with van der Waals surface area (Å²) in [6, 6.07) is 14.6. The smallest absolute Gasteiger partial charge is 0.250 e. The van der Waals surface area contributed by atoms with Crippen LogP contribution in [0.2, 0.25) is 0 Å². The molecule has 0 fully saturated rings. The van der Waals surface area contributed by atoms with E-state index in [4.69, 9.17) is 9.47 Å². The van der Waals surface area contributed by atoms with Gasteiger partial charge in [0, 0.05) is 11.8 Å². The molecular formula is C20H16N4O4S2. The summed E-state index contributed by atoms with van der Waals surface area (Å²) in [6.07, 6.45) is 3.07. The van der Waals surface area contributed by atoms with E-state index < -0.39 is 0 Å². The van der Waals surface area contributed by atoms with Crippen molar-refractivity contribution in [1.29, 1.82) is 0 Å². The minimum Gasteiger partial charge on any atom is -0.454 e. The highest BCUT2D eigenvalue weighted by molar-refractivity contribution is 8.01. The summed E-state index contributed by atoms with van der Waals surface area (Å²) in [7, 11) is 0. The van der Waals surface area contributed by atoms with E-state index in [1.54, 1.807) is 18.2 Å². The van der Waals surface area contributed by atoms with Crippen LogP contribution < -0.4 is 20.1 Å². The Morgan fingerprint density at radius 1 is 1.07 bits per heavy atom. The molecule has 2 aromatic carbocycles. The average molecular weight is 441 g/mol. The lowest BCUT2D eigenvalue weighted by Crippen LogP contribution is -2.13. The molecule has 0 aliphatic carbocycles. The molecule has 0 bridgehead atoms. The largest absolute Gasteiger partial charge is 0.454 e. The minimum atomic E-state index is -0.331. The van der Waals surface area contributed by atoms with Gasteiger partial charge in [0.2, 0.25) is 23.7 Å². The third kappa shape index (κ3) is 5.37. The van der Waals surface area contributed by atoms with Crippen LogP contribution >= 0.6 is 23.1 Å². The number of hydrogen-bond donors (Lipinski definition) is 2. The average Bonchev–Trinajstić information content (AvgIpc) is 3.40. The van der Waals surface area contributed by atoms with Gasteiger partial charge in [0.05, 0.1) is 5.75 Å². The number of fused-ring (bicyclic) bond motifs is 1. The normalized spacial score (nSPS) is 12.1. The highest BCUT2D eigenvalue weighted by Gasteiger charge is 2.13. The van der Waals surface area contributed by atoms with E-state index in [-0.39, 0.29) is 24.4 Å². The molecule has 1 aromatic heterocycles. The van der Waals surface area contributed by atoms with Crippen LogP contribution in [-0.2, 0) is 9.59 Å². The van der Waals surface area contributed by atoms with Crippen molar-refractivity contribution in [2.45, 2.75) is 4.34 Å². The summed E-state index contributed by atoms with van der Waals surface area (Å²) < 4.78 is 11.2. The second kappa shape index (κ2) is 9.42. The van der Waals surface area contributed by atoms with Crippen LogP contribution in [-0.4, -0.2) is 34.6 Å². The van der Waals surface area contributed by atoms with Gasteiger partial charge in [0.1, 0.15) is 0 Å². The molecule has 10 heteroatoms. The molecule has 0 saturated carbocycles. The number of nitrogens with one attached hydrogen (secondary N) is 2. The van der Waals surface area contributed by atoms with Crippen molar-refractivity contribution in [1.82, 2.24) is 10.2 Å². The number of amides is 2. The van der Waals surface area contributed by atoms with Crippen molar-refractivity contribution in [3.8, 4) is 11.5 Å². The van der Waals surface area contributed by atoms with Crippen molar-refractivity contribution in [3.63, 3.8) is 0 Å². The molecule has 3 aromatic rings. The van der Waals surface area contributed by atoms with E-state index in [2.05, 4.69) is 20.8 Å². The number of nitrogens with zero attached hydrogens (tertiary/aromatic N) is 2. The van der Waals surface area contributed by atoms with E-state index in [1.807, 2.05) is 36.4 Å². The molecule has 2 N–H and O–H groups in total. The number of carbonyl (C=O) groups excluding carboxylic acids is 2. The van der Waals surface area contributed by atoms with E-state index >= 15 is 0 Å². The SMILES string of the molecule is O=C(C=Cc1ccc2c(c1)OCO2)Nc1nnc(SCC(=O)Nc2ccccc2)s1. The quantitative estimate of drug-likeness (QED) is 0.328. The number of ether oxygens (including phenoxy) is 2. The van der Waals surface area contributed by atoms with E-state index in [9.17, 15) is 9.59 Å². The number of benzene rings is 2. The van der Waals surface area contributed by atoms with Crippen molar-refractivity contribution in [2.75, 3.05) is 23.2 Å². The lowest BCUT2D eigenvalue weighted by molar-refractivity contribution is -0.114. The second-order valence-electron chi connectivity index (χ2n) is 6.01. The molecule has 0 atom stereocenters. The summed E-state index contributed by atoms with van der Waals surface area (Å²) in [6.45, 7) is 0.203. The van der Waals surface area contributed by atoms with E-state index in [1.165, 1.54) is 29.2 Å². The summed E-state index contributed by atoms with van der Waals surface area (Å²) in [5.74, 6) is 1.06. The first-order valence-corrected chi connectivity index (χ1v) is 10.7. The molecule has 8 nitrogen and oxygen atoms in total. The number of thioether (sulfide) groups is 1. The van der Waals surface area contributed by atoms with Crippen molar-refractivity contribution >= 4 is 51.8 Å². The Balaban J connectivity index is 1.25. The third-order valence-electron chi connectivity index (χ3n) is 3.84. The van der Waals surface area contributed by atoms with Crippen molar-refractivity contribution in [2.24, 2.45) is 0 Å². The lowest BCUT2D eigenvalue weighted by atomic mass is 10.2. The molecule has 0 radical (unpaired) electrons. The molecular weight excluding hydrogens is 424 g/mol. The molecule has 1 aliphatic rings. The van der Waals surface area contributed by atoms with Crippen LogP contribution in [0.4, 0.5) is 10.8 Å². The number of carbonyl (C=O) groups is 2. The molecule has 0 spiro atoms. The molecule has 2 heterocycles. The Morgan fingerprint density at radius 3 is 2.77 bits per heavy atom. The molecule has 152 valence electrons. The van der Waals surface area contributed by atoms with Crippen molar-refractivity contribution < 1.29 is 19.1 Å². The van der Waals surface area contributed by atoms with Gasteiger partial charge in [-0.05, 0) is 35.9 Å². The highest BCUT2D eigenvalue weighted by atomic mass is 32.2. The molecule has 4 rings (SSSR count). The van der Waals surface area contributed by atoms with Gasteiger partial charge in [-0.25, -0.2) is 0 Å². The Labute approximate surface area is 180 Å². The van der Waals surface area contributed by atoms with E-state index in [0.29, 0.717) is 21.0 Å². The van der Waals surface area contributed by atoms with Crippen LogP contribution in [0, 0.1) is 0 Å². The molecule has 0 unspecified atom stereocenters. The fourth-order valence-electron chi connectivity index (χ4n) is 2.50. The molecule has 30 heavy (non-hydrogen) atoms. The summed E-state index contributed by atoms with van der Waals surface area (Å²) in [5, 5.41) is 13.7. The van der Waals surface area contributed by atoms with Gasteiger partial charge in [-0.15, -0.1) is 10.2 Å². The maximum atomic E-state index is 12.1. The molecule has 2 amide bonds. The number of rotatable bonds is 7. The topological polar surface area (TPSA) is 102 Å². The maximum absolute atomic E-state index is 12.1. The first kappa shape index (κ1) is 19.9. The predicted octanol–water partition coefficient (Wildman–Crippen LogP) is 3.65. The Bertz CT molecular complexity index is 1090. The van der Waals surface area contributed by atoms with Crippen LogP contribution in [0.25, 0.3) is 6.08 Å². The Kier molecular flexibility index (Phi) is 6.26. The maximum Gasteiger partial charge on any atom is 0.250 e. The van der Waals surface area contributed by atoms with Gasteiger partial charge in [0.25, 0.3) is 0 Å². The summed E-state index contributed by atoms with van der Waals surface area (Å²) in [5.41, 5.74) is 1.55. The Hall–Kier alpha value is -3.37.